The molecule has 0 bridgehead atoms. The van der Waals surface area contributed by atoms with Crippen LogP contribution in [0.15, 0.2) is 0 Å². The van der Waals surface area contributed by atoms with Gasteiger partial charge in [-0.2, -0.15) is 0 Å². The number of aliphatic carboxylic acids is 1. The van der Waals surface area contributed by atoms with Gasteiger partial charge in [0.25, 0.3) is 0 Å². The van der Waals surface area contributed by atoms with Crippen LogP contribution in [0.3, 0.4) is 0 Å². The first-order valence-electron chi connectivity index (χ1n) is 8.07. The Balaban J connectivity index is 1.99. The second kappa shape index (κ2) is 6.59. The number of carboxylic acids is 1. The van der Waals surface area contributed by atoms with Crippen molar-refractivity contribution in [2.45, 2.75) is 77.2 Å². The lowest BCUT2D eigenvalue weighted by molar-refractivity contribution is -0.146. The Hall–Kier alpha value is -1.06. The lowest BCUT2D eigenvalue weighted by atomic mass is 9.74. The summed E-state index contributed by atoms with van der Waals surface area (Å²) in [4.78, 5) is 24.0. The van der Waals surface area contributed by atoms with Crippen LogP contribution in [0.25, 0.3) is 0 Å². The topological polar surface area (TPSA) is 66.4 Å². The van der Waals surface area contributed by atoms with Gasteiger partial charge in [0.15, 0.2) is 0 Å². The van der Waals surface area contributed by atoms with Crippen molar-refractivity contribution in [1.82, 2.24) is 5.32 Å². The maximum Gasteiger partial charge on any atom is 0.326 e. The van der Waals surface area contributed by atoms with Gasteiger partial charge in [0, 0.05) is 5.41 Å². The van der Waals surface area contributed by atoms with Crippen molar-refractivity contribution in [3.8, 4) is 0 Å². The molecular formula is C16H27NO3. The number of carbonyl (C=O) groups excluding carboxylic acids is 1. The lowest BCUT2D eigenvalue weighted by Crippen LogP contribution is -2.51. The fourth-order valence-electron chi connectivity index (χ4n) is 3.72. The van der Waals surface area contributed by atoms with Gasteiger partial charge < -0.3 is 10.4 Å². The fraction of sp³-hybridized carbons (Fsp3) is 0.875. The third-order valence-electron chi connectivity index (χ3n) is 5.18. The fourth-order valence-corrected chi connectivity index (χ4v) is 3.72. The first kappa shape index (κ1) is 15.3. The molecule has 114 valence electrons. The number of carboxylic acid groups (broad SMARTS) is 1. The van der Waals surface area contributed by atoms with Crippen LogP contribution in [-0.2, 0) is 9.59 Å². The summed E-state index contributed by atoms with van der Waals surface area (Å²) in [6, 6.07) is -0.693. The van der Waals surface area contributed by atoms with E-state index in [1.807, 2.05) is 6.92 Å². The summed E-state index contributed by atoms with van der Waals surface area (Å²) in [5, 5.41) is 12.3. The summed E-state index contributed by atoms with van der Waals surface area (Å²) < 4.78 is 0. The van der Waals surface area contributed by atoms with Gasteiger partial charge in [-0.1, -0.05) is 45.4 Å². The van der Waals surface area contributed by atoms with E-state index < -0.39 is 12.0 Å². The van der Waals surface area contributed by atoms with Gasteiger partial charge >= 0.3 is 5.97 Å². The minimum Gasteiger partial charge on any atom is -0.480 e. The van der Waals surface area contributed by atoms with Crippen LogP contribution in [0.4, 0.5) is 0 Å². The molecule has 2 fully saturated rings. The van der Waals surface area contributed by atoms with E-state index in [0.717, 1.165) is 51.4 Å². The Morgan fingerprint density at radius 1 is 1.05 bits per heavy atom. The summed E-state index contributed by atoms with van der Waals surface area (Å²) in [7, 11) is 0. The van der Waals surface area contributed by atoms with Crippen molar-refractivity contribution in [1.29, 1.82) is 0 Å². The second-order valence-corrected chi connectivity index (χ2v) is 6.81. The van der Waals surface area contributed by atoms with Crippen LogP contribution in [0, 0.1) is 11.3 Å². The number of rotatable bonds is 4. The number of hydrogen-bond acceptors (Lipinski definition) is 2. The van der Waals surface area contributed by atoms with Crippen LogP contribution in [0.2, 0.25) is 0 Å². The molecule has 0 spiro atoms. The molecular weight excluding hydrogens is 254 g/mol. The second-order valence-electron chi connectivity index (χ2n) is 6.81. The maximum atomic E-state index is 12.5. The van der Waals surface area contributed by atoms with E-state index in [4.69, 9.17) is 0 Å². The monoisotopic (exact) mass is 281 g/mol. The molecule has 0 saturated heterocycles. The number of nitrogens with one attached hydrogen (secondary N) is 1. The first-order chi connectivity index (χ1) is 9.53. The summed E-state index contributed by atoms with van der Waals surface area (Å²) >= 11 is 0. The largest absolute Gasteiger partial charge is 0.480 e. The molecule has 2 saturated carbocycles. The Kier molecular flexibility index (Phi) is 5.06. The van der Waals surface area contributed by atoms with Gasteiger partial charge in [0.2, 0.25) is 5.91 Å². The molecule has 0 aliphatic heterocycles. The highest BCUT2D eigenvalue weighted by molar-refractivity contribution is 5.87. The van der Waals surface area contributed by atoms with E-state index in [2.05, 4.69) is 5.32 Å². The molecule has 4 heteroatoms. The minimum atomic E-state index is -0.871. The van der Waals surface area contributed by atoms with E-state index >= 15 is 0 Å². The van der Waals surface area contributed by atoms with Crippen molar-refractivity contribution >= 4 is 11.9 Å². The Labute approximate surface area is 121 Å². The zero-order valence-electron chi connectivity index (χ0n) is 12.5. The van der Waals surface area contributed by atoms with Gasteiger partial charge in [-0.25, -0.2) is 4.79 Å². The van der Waals surface area contributed by atoms with Crippen molar-refractivity contribution < 1.29 is 14.7 Å². The Bertz CT molecular complexity index is 355. The van der Waals surface area contributed by atoms with Gasteiger partial charge in [-0.15, -0.1) is 0 Å². The molecule has 2 aliphatic rings. The normalized spacial score (nSPS) is 24.9. The van der Waals surface area contributed by atoms with Crippen molar-refractivity contribution in [2.75, 3.05) is 0 Å². The van der Waals surface area contributed by atoms with E-state index in [0.29, 0.717) is 0 Å². The van der Waals surface area contributed by atoms with Crippen molar-refractivity contribution in [3.05, 3.63) is 0 Å². The average molecular weight is 281 g/mol. The molecule has 2 N–H and O–H groups in total. The maximum absolute atomic E-state index is 12.5. The van der Waals surface area contributed by atoms with E-state index in [1.54, 1.807) is 0 Å². The molecule has 0 aromatic heterocycles. The quantitative estimate of drug-likeness (QED) is 0.832. The number of amides is 1. The van der Waals surface area contributed by atoms with Crippen LogP contribution < -0.4 is 5.32 Å². The number of hydrogen-bond donors (Lipinski definition) is 2. The van der Waals surface area contributed by atoms with Crippen LogP contribution in [-0.4, -0.2) is 23.0 Å². The number of carbonyl (C=O) groups is 2. The molecule has 0 radical (unpaired) electrons. The van der Waals surface area contributed by atoms with E-state index in [1.165, 1.54) is 12.8 Å². The van der Waals surface area contributed by atoms with Crippen molar-refractivity contribution in [2.24, 2.45) is 11.3 Å². The highest BCUT2D eigenvalue weighted by atomic mass is 16.4. The molecule has 1 atom stereocenters. The van der Waals surface area contributed by atoms with E-state index in [9.17, 15) is 14.7 Å². The van der Waals surface area contributed by atoms with Gasteiger partial charge in [-0.3, -0.25) is 4.79 Å². The first-order valence-corrected chi connectivity index (χ1v) is 8.07. The molecule has 1 amide bonds. The predicted molar refractivity (Wildman–Crippen MR) is 77.3 cm³/mol. The zero-order valence-corrected chi connectivity index (χ0v) is 12.5. The van der Waals surface area contributed by atoms with Gasteiger partial charge in [0.1, 0.15) is 6.04 Å². The van der Waals surface area contributed by atoms with Crippen LogP contribution in [0.5, 0.6) is 0 Å². The smallest absolute Gasteiger partial charge is 0.326 e. The summed E-state index contributed by atoms with van der Waals surface area (Å²) in [5.41, 5.74) is -0.360. The SMILES string of the molecule is CC1(C(=O)NC(C(=O)O)C2CCCCC2)CCCCC1. The van der Waals surface area contributed by atoms with Gasteiger partial charge in [0.05, 0.1) is 0 Å². The van der Waals surface area contributed by atoms with Crippen LogP contribution in [0.1, 0.15) is 71.1 Å². The predicted octanol–water partition coefficient (Wildman–Crippen LogP) is 3.11. The third kappa shape index (κ3) is 3.53. The van der Waals surface area contributed by atoms with Gasteiger partial charge in [-0.05, 0) is 31.6 Å². The summed E-state index contributed by atoms with van der Waals surface area (Å²) in [5.74, 6) is -0.808. The molecule has 2 aliphatic carbocycles. The molecule has 4 nitrogen and oxygen atoms in total. The van der Waals surface area contributed by atoms with Crippen LogP contribution >= 0.6 is 0 Å². The van der Waals surface area contributed by atoms with Crippen molar-refractivity contribution in [3.63, 3.8) is 0 Å². The molecule has 20 heavy (non-hydrogen) atoms. The van der Waals surface area contributed by atoms with E-state index in [-0.39, 0.29) is 17.2 Å². The highest BCUT2D eigenvalue weighted by Crippen LogP contribution is 2.36. The zero-order chi connectivity index (χ0) is 14.6. The molecule has 0 heterocycles. The summed E-state index contributed by atoms with van der Waals surface area (Å²) in [6.07, 6.45) is 10.3. The highest BCUT2D eigenvalue weighted by Gasteiger charge is 2.38. The lowest BCUT2D eigenvalue weighted by Gasteiger charge is -2.35. The Morgan fingerprint density at radius 2 is 1.60 bits per heavy atom. The molecule has 2 rings (SSSR count). The summed E-state index contributed by atoms with van der Waals surface area (Å²) in [6.45, 7) is 1.99. The average Bonchev–Trinajstić information content (AvgIpc) is 2.45. The standard InChI is InChI=1S/C16H27NO3/c1-16(10-6-3-7-11-16)15(20)17-13(14(18)19)12-8-4-2-5-9-12/h12-13H,2-11H2,1H3,(H,17,20)(H,18,19). The molecule has 0 aromatic carbocycles. The molecule has 1 unspecified atom stereocenters. The minimum absolute atomic E-state index is 0.0461. The Morgan fingerprint density at radius 3 is 2.15 bits per heavy atom. The molecule has 0 aromatic rings. The third-order valence-corrected chi connectivity index (χ3v) is 5.18.